The average molecular weight is 323 g/mol. The lowest BCUT2D eigenvalue weighted by Crippen LogP contribution is -2.48. The maximum Gasteiger partial charge on any atom is 0.273 e. The van der Waals surface area contributed by atoms with Crippen LogP contribution in [0.2, 0.25) is 0 Å². The molecule has 5 nitrogen and oxygen atoms in total. The Balaban J connectivity index is 1.73. The number of amides is 1. The largest absolute Gasteiger partial charge is 0.378 e. The molecule has 0 spiro atoms. The number of aromatic nitrogens is 1. The highest BCUT2D eigenvalue weighted by atomic mass is 32.1. The molecule has 1 amide bonds. The van der Waals surface area contributed by atoms with Gasteiger partial charge >= 0.3 is 0 Å². The smallest absolute Gasteiger partial charge is 0.273 e. The first-order valence-electron chi connectivity index (χ1n) is 8.23. The number of hydrogen-bond donors (Lipinski definition) is 0. The fourth-order valence-corrected chi connectivity index (χ4v) is 4.61. The van der Waals surface area contributed by atoms with E-state index in [0.29, 0.717) is 24.4 Å². The first kappa shape index (κ1) is 15.9. The highest BCUT2D eigenvalue weighted by Gasteiger charge is 2.39. The van der Waals surface area contributed by atoms with Crippen molar-refractivity contribution in [1.29, 1.82) is 0 Å². The van der Waals surface area contributed by atoms with Gasteiger partial charge in [0.15, 0.2) is 0 Å². The minimum absolute atomic E-state index is 0.101. The van der Waals surface area contributed by atoms with Crippen LogP contribution in [0.1, 0.15) is 48.1 Å². The summed E-state index contributed by atoms with van der Waals surface area (Å²) in [6.07, 6.45) is 4.71. The molecular formula is C16H25N3O2S. The molecule has 1 aromatic rings. The summed E-state index contributed by atoms with van der Waals surface area (Å²) in [5, 5.41) is 2.75. The van der Waals surface area contributed by atoms with Crippen molar-refractivity contribution in [3.8, 4) is 0 Å². The van der Waals surface area contributed by atoms with E-state index in [-0.39, 0.29) is 5.91 Å². The normalized spacial score (nSPS) is 26.0. The van der Waals surface area contributed by atoms with Crippen LogP contribution in [0.5, 0.6) is 0 Å². The highest BCUT2D eigenvalue weighted by molar-refractivity contribution is 7.09. The number of likely N-dealkylation sites (N-methyl/N-ethyl adjacent to an activating group) is 1. The minimum atomic E-state index is 0.101. The molecular weight excluding hydrogens is 298 g/mol. The SMILES string of the molecule is CCN1CCC[C@H]1[C@H]1CCCN1C(=O)c1csc(COC)n1. The summed E-state index contributed by atoms with van der Waals surface area (Å²) in [7, 11) is 1.65. The molecule has 0 N–H and O–H groups in total. The van der Waals surface area contributed by atoms with E-state index in [1.807, 2.05) is 5.38 Å². The van der Waals surface area contributed by atoms with Crippen molar-refractivity contribution in [1.82, 2.24) is 14.8 Å². The van der Waals surface area contributed by atoms with Crippen LogP contribution in [0, 0.1) is 0 Å². The highest BCUT2D eigenvalue weighted by Crippen LogP contribution is 2.31. The van der Waals surface area contributed by atoms with E-state index >= 15 is 0 Å². The van der Waals surface area contributed by atoms with Crippen LogP contribution >= 0.6 is 11.3 Å². The minimum Gasteiger partial charge on any atom is -0.378 e. The Bertz CT molecular complexity index is 519. The van der Waals surface area contributed by atoms with Gasteiger partial charge in [-0.1, -0.05) is 6.92 Å². The third-order valence-corrected chi connectivity index (χ3v) is 5.69. The third kappa shape index (κ3) is 3.05. The molecule has 0 unspecified atom stereocenters. The second kappa shape index (κ2) is 7.06. The lowest BCUT2D eigenvalue weighted by molar-refractivity contribution is 0.0644. The van der Waals surface area contributed by atoms with E-state index in [4.69, 9.17) is 4.74 Å². The van der Waals surface area contributed by atoms with E-state index in [2.05, 4.69) is 21.7 Å². The van der Waals surface area contributed by atoms with E-state index in [1.165, 1.54) is 30.7 Å². The Morgan fingerprint density at radius 3 is 2.91 bits per heavy atom. The molecule has 2 saturated heterocycles. The molecule has 0 saturated carbocycles. The summed E-state index contributed by atoms with van der Waals surface area (Å²) in [6, 6.07) is 0.899. The molecule has 2 aliphatic heterocycles. The summed E-state index contributed by atoms with van der Waals surface area (Å²) >= 11 is 1.51. The summed E-state index contributed by atoms with van der Waals surface area (Å²) in [5.41, 5.74) is 0.588. The van der Waals surface area contributed by atoms with Gasteiger partial charge in [-0.15, -0.1) is 11.3 Å². The Morgan fingerprint density at radius 1 is 1.36 bits per heavy atom. The van der Waals surface area contributed by atoms with Crippen molar-refractivity contribution in [3.05, 3.63) is 16.1 Å². The fraction of sp³-hybridized carbons (Fsp3) is 0.750. The number of hydrogen-bond acceptors (Lipinski definition) is 5. The number of nitrogens with zero attached hydrogens (tertiary/aromatic N) is 3. The molecule has 3 rings (SSSR count). The molecule has 2 fully saturated rings. The van der Waals surface area contributed by atoms with Crippen LogP contribution in [0.4, 0.5) is 0 Å². The van der Waals surface area contributed by atoms with Crippen molar-refractivity contribution in [2.75, 3.05) is 26.7 Å². The lowest BCUT2D eigenvalue weighted by Gasteiger charge is -2.34. The van der Waals surface area contributed by atoms with Crippen LogP contribution < -0.4 is 0 Å². The van der Waals surface area contributed by atoms with Crippen LogP contribution in [0.3, 0.4) is 0 Å². The quantitative estimate of drug-likeness (QED) is 0.834. The monoisotopic (exact) mass is 323 g/mol. The molecule has 1 aromatic heterocycles. The van der Waals surface area contributed by atoms with Crippen LogP contribution in [0.25, 0.3) is 0 Å². The van der Waals surface area contributed by atoms with Crippen LogP contribution in [-0.4, -0.2) is 59.5 Å². The third-order valence-electron chi connectivity index (χ3n) is 4.86. The van der Waals surface area contributed by atoms with Gasteiger partial charge in [-0.2, -0.15) is 0 Å². The summed E-state index contributed by atoms with van der Waals surface area (Å²) < 4.78 is 5.09. The van der Waals surface area contributed by atoms with Gasteiger partial charge in [-0.3, -0.25) is 9.69 Å². The van der Waals surface area contributed by atoms with E-state index < -0.39 is 0 Å². The first-order chi connectivity index (χ1) is 10.7. The van der Waals surface area contributed by atoms with Crippen molar-refractivity contribution < 1.29 is 9.53 Å². The molecule has 0 radical (unpaired) electrons. The summed E-state index contributed by atoms with van der Waals surface area (Å²) in [6.45, 7) is 5.82. The maximum atomic E-state index is 12.8. The molecule has 0 aromatic carbocycles. The average Bonchev–Trinajstić information content (AvgIpc) is 3.25. The predicted octanol–water partition coefficient (Wildman–Crippen LogP) is 2.38. The van der Waals surface area contributed by atoms with Crippen molar-refractivity contribution in [2.45, 2.75) is 51.3 Å². The van der Waals surface area contributed by atoms with Gasteiger partial charge in [-0.05, 0) is 38.8 Å². The number of methoxy groups -OCH3 is 1. The van der Waals surface area contributed by atoms with Gasteiger partial charge in [0.05, 0.1) is 6.61 Å². The Labute approximate surface area is 136 Å². The van der Waals surface area contributed by atoms with Crippen LogP contribution in [-0.2, 0) is 11.3 Å². The van der Waals surface area contributed by atoms with Gasteiger partial charge in [0.25, 0.3) is 5.91 Å². The molecule has 0 bridgehead atoms. The predicted molar refractivity (Wildman–Crippen MR) is 87.2 cm³/mol. The number of carbonyl (C=O) groups excluding carboxylic acids is 1. The van der Waals surface area contributed by atoms with Crippen molar-refractivity contribution >= 4 is 17.2 Å². The second-order valence-corrected chi connectivity index (χ2v) is 7.05. The Kier molecular flexibility index (Phi) is 5.10. The van der Waals surface area contributed by atoms with Gasteiger partial charge in [0.2, 0.25) is 0 Å². The van der Waals surface area contributed by atoms with Crippen molar-refractivity contribution in [3.63, 3.8) is 0 Å². The zero-order valence-corrected chi connectivity index (χ0v) is 14.3. The Hall–Kier alpha value is -0.980. The first-order valence-corrected chi connectivity index (χ1v) is 9.11. The number of ether oxygens (including phenoxy) is 1. The second-order valence-electron chi connectivity index (χ2n) is 6.11. The van der Waals surface area contributed by atoms with Gasteiger partial charge in [0.1, 0.15) is 10.7 Å². The molecule has 3 heterocycles. The summed E-state index contributed by atoms with van der Waals surface area (Å²) in [5.74, 6) is 0.101. The van der Waals surface area contributed by atoms with Gasteiger partial charge < -0.3 is 9.64 Å². The molecule has 2 atom stereocenters. The fourth-order valence-electron chi connectivity index (χ4n) is 3.87. The summed E-state index contributed by atoms with van der Waals surface area (Å²) in [4.78, 5) is 21.9. The van der Waals surface area contributed by atoms with Gasteiger partial charge in [-0.25, -0.2) is 4.98 Å². The topological polar surface area (TPSA) is 45.7 Å². The Morgan fingerprint density at radius 2 is 2.14 bits per heavy atom. The van der Waals surface area contributed by atoms with Crippen molar-refractivity contribution in [2.24, 2.45) is 0 Å². The molecule has 22 heavy (non-hydrogen) atoms. The molecule has 122 valence electrons. The van der Waals surface area contributed by atoms with Crippen LogP contribution in [0.15, 0.2) is 5.38 Å². The number of thiazole rings is 1. The van der Waals surface area contributed by atoms with Gasteiger partial charge in [0, 0.05) is 31.1 Å². The zero-order chi connectivity index (χ0) is 15.5. The molecule has 0 aliphatic carbocycles. The number of likely N-dealkylation sites (tertiary alicyclic amines) is 2. The number of rotatable bonds is 5. The van der Waals surface area contributed by atoms with E-state index in [0.717, 1.165) is 30.9 Å². The lowest BCUT2D eigenvalue weighted by atomic mass is 10.0. The number of carbonyl (C=O) groups is 1. The molecule has 2 aliphatic rings. The van der Waals surface area contributed by atoms with E-state index in [9.17, 15) is 4.79 Å². The maximum absolute atomic E-state index is 12.8. The molecule has 6 heteroatoms. The van der Waals surface area contributed by atoms with E-state index in [1.54, 1.807) is 7.11 Å². The zero-order valence-electron chi connectivity index (χ0n) is 13.5. The standard InChI is InChI=1S/C16H25N3O2S/c1-3-18-8-4-6-13(18)14-7-5-9-19(14)16(20)12-11-22-15(17-12)10-21-2/h11,13-14H,3-10H2,1-2H3/t13-,14+/m0/s1.